The number of rotatable bonds is 5. The molecule has 0 bridgehead atoms. The fourth-order valence-electron chi connectivity index (χ4n) is 2.36. The van der Waals surface area contributed by atoms with Gasteiger partial charge in [-0.3, -0.25) is 0 Å². The number of phenols is 1. The molecule has 1 N–H and O–H groups in total. The van der Waals surface area contributed by atoms with Crippen LogP contribution >= 0.6 is 15.9 Å². The molecule has 1 aliphatic heterocycles. The van der Waals surface area contributed by atoms with Crippen LogP contribution in [0.15, 0.2) is 22.7 Å². The van der Waals surface area contributed by atoms with E-state index in [0.29, 0.717) is 5.75 Å². The molecule has 0 atom stereocenters. The largest absolute Gasteiger partial charge is 0.507 e. The van der Waals surface area contributed by atoms with Crippen molar-refractivity contribution in [1.29, 1.82) is 0 Å². The Kier molecular flexibility index (Phi) is 5.03. The average molecular weight is 313 g/mol. The van der Waals surface area contributed by atoms with E-state index >= 15 is 0 Å². The summed E-state index contributed by atoms with van der Waals surface area (Å²) in [7, 11) is 2.15. The Bertz CT molecular complexity index is 391. The smallest absolute Gasteiger partial charge is 0.129 e. The summed E-state index contributed by atoms with van der Waals surface area (Å²) in [6.07, 6.45) is 2.71. The van der Waals surface area contributed by atoms with E-state index in [1.165, 1.54) is 31.5 Å². The third-order valence-electron chi connectivity index (χ3n) is 3.46. The minimum absolute atomic E-state index is 0.304. The van der Waals surface area contributed by atoms with E-state index in [1.54, 1.807) is 6.07 Å². The van der Waals surface area contributed by atoms with Crippen LogP contribution in [0.4, 0.5) is 0 Å². The van der Waals surface area contributed by atoms with Gasteiger partial charge in [0, 0.05) is 19.6 Å². The van der Waals surface area contributed by atoms with E-state index in [1.807, 2.05) is 12.1 Å². The van der Waals surface area contributed by atoms with Crippen molar-refractivity contribution in [3.63, 3.8) is 0 Å². The fraction of sp³-hybridized carbons (Fsp3) is 0.571. The van der Waals surface area contributed by atoms with E-state index in [9.17, 15) is 5.11 Å². The van der Waals surface area contributed by atoms with Gasteiger partial charge in [-0.05, 0) is 66.6 Å². The Morgan fingerprint density at radius 2 is 2.06 bits per heavy atom. The second-order valence-corrected chi connectivity index (χ2v) is 5.93. The fourth-order valence-corrected chi connectivity index (χ4v) is 2.78. The molecule has 1 aliphatic rings. The highest BCUT2D eigenvalue weighted by atomic mass is 79.9. The number of likely N-dealkylation sites (tertiary alicyclic amines) is 1. The number of hydrogen-bond donors (Lipinski definition) is 1. The molecule has 0 amide bonds. The van der Waals surface area contributed by atoms with E-state index in [2.05, 4.69) is 32.8 Å². The normalized spacial score (nSPS) is 16.6. The Morgan fingerprint density at radius 1 is 1.33 bits per heavy atom. The molecule has 18 heavy (non-hydrogen) atoms. The molecule has 1 saturated heterocycles. The van der Waals surface area contributed by atoms with Crippen molar-refractivity contribution in [1.82, 2.24) is 9.80 Å². The van der Waals surface area contributed by atoms with Gasteiger partial charge in [0.1, 0.15) is 5.75 Å². The van der Waals surface area contributed by atoms with E-state index in [0.717, 1.165) is 24.1 Å². The first-order valence-corrected chi connectivity index (χ1v) is 7.33. The maximum atomic E-state index is 9.46. The Labute approximate surface area is 118 Å². The molecule has 1 aromatic carbocycles. The molecule has 0 radical (unpaired) electrons. The first-order chi connectivity index (χ1) is 8.65. The molecule has 4 heteroatoms. The monoisotopic (exact) mass is 312 g/mol. The average Bonchev–Trinajstić information content (AvgIpc) is 2.84. The van der Waals surface area contributed by atoms with Crippen molar-refractivity contribution in [2.75, 3.05) is 33.2 Å². The predicted octanol–water partition coefficient (Wildman–Crippen LogP) is 2.68. The van der Waals surface area contributed by atoms with Gasteiger partial charge in [0.25, 0.3) is 0 Å². The van der Waals surface area contributed by atoms with E-state index < -0.39 is 0 Å². The zero-order valence-electron chi connectivity index (χ0n) is 10.9. The minimum atomic E-state index is 0.304. The highest BCUT2D eigenvalue weighted by molar-refractivity contribution is 9.10. The van der Waals surface area contributed by atoms with Crippen LogP contribution < -0.4 is 0 Å². The van der Waals surface area contributed by atoms with Gasteiger partial charge in [-0.25, -0.2) is 0 Å². The highest BCUT2D eigenvalue weighted by Crippen LogP contribution is 2.24. The zero-order chi connectivity index (χ0) is 13.0. The summed E-state index contributed by atoms with van der Waals surface area (Å²) in [6, 6.07) is 5.71. The number of benzene rings is 1. The molecule has 2 rings (SSSR count). The Hall–Kier alpha value is -0.580. The Balaban J connectivity index is 1.78. The van der Waals surface area contributed by atoms with Gasteiger partial charge in [0.05, 0.1) is 4.47 Å². The van der Waals surface area contributed by atoms with Crippen molar-refractivity contribution in [2.45, 2.75) is 19.4 Å². The lowest BCUT2D eigenvalue weighted by Crippen LogP contribution is -2.31. The topological polar surface area (TPSA) is 26.7 Å². The van der Waals surface area contributed by atoms with Gasteiger partial charge in [-0.1, -0.05) is 6.07 Å². The van der Waals surface area contributed by atoms with Crippen molar-refractivity contribution in [3.05, 3.63) is 28.2 Å². The van der Waals surface area contributed by atoms with Gasteiger partial charge in [-0.2, -0.15) is 0 Å². The number of phenolic OH excluding ortho intramolecular Hbond substituents is 1. The van der Waals surface area contributed by atoms with Crippen LogP contribution in [0, 0.1) is 0 Å². The molecule has 0 aromatic heterocycles. The Morgan fingerprint density at radius 3 is 2.72 bits per heavy atom. The maximum absolute atomic E-state index is 9.46. The second-order valence-electron chi connectivity index (χ2n) is 5.07. The number of aromatic hydroxyl groups is 1. The molecule has 100 valence electrons. The third-order valence-corrected chi connectivity index (χ3v) is 4.10. The summed E-state index contributed by atoms with van der Waals surface area (Å²) in [6.45, 7) is 5.71. The van der Waals surface area contributed by atoms with Crippen molar-refractivity contribution in [3.8, 4) is 5.75 Å². The van der Waals surface area contributed by atoms with Crippen LogP contribution in [0.2, 0.25) is 0 Å². The number of hydrogen-bond acceptors (Lipinski definition) is 3. The molecule has 0 aliphatic carbocycles. The van der Waals surface area contributed by atoms with Crippen molar-refractivity contribution >= 4 is 15.9 Å². The van der Waals surface area contributed by atoms with Crippen molar-refractivity contribution < 1.29 is 5.11 Å². The first kappa shape index (κ1) is 13.8. The molecular formula is C14H21BrN2O. The molecule has 1 heterocycles. The van der Waals surface area contributed by atoms with Crippen LogP contribution in [0.5, 0.6) is 5.75 Å². The number of likely N-dealkylation sites (N-methyl/N-ethyl adjacent to an activating group) is 1. The van der Waals surface area contributed by atoms with E-state index in [-0.39, 0.29) is 0 Å². The zero-order valence-corrected chi connectivity index (χ0v) is 12.5. The third kappa shape index (κ3) is 3.97. The molecule has 0 saturated carbocycles. The highest BCUT2D eigenvalue weighted by Gasteiger charge is 2.11. The lowest BCUT2D eigenvalue weighted by Gasteiger charge is -2.21. The van der Waals surface area contributed by atoms with Crippen LogP contribution in [-0.4, -0.2) is 48.1 Å². The predicted molar refractivity (Wildman–Crippen MR) is 77.8 cm³/mol. The van der Waals surface area contributed by atoms with Crippen LogP contribution in [0.1, 0.15) is 18.4 Å². The van der Waals surface area contributed by atoms with Crippen LogP contribution in [0.25, 0.3) is 0 Å². The number of nitrogens with zero attached hydrogens (tertiary/aromatic N) is 2. The second kappa shape index (κ2) is 6.55. The number of halogens is 1. The molecule has 1 aromatic rings. The SMILES string of the molecule is CN(CCN1CCCC1)Cc1ccc(O)c(Br)c1. The summed E-state index contributed by atoms with van der Waals surface area (Å²) in [5.41, 5.74) is 1.23. The summed E-state index contributed by atoms with van der Waals surface area (Å²) >= 11 is 3.35. The van der Waals surface area contributed by atoms with Crippen molar-refractivity contribution in [2.24, 2.45) is 0 Å². The quantitative estimate of drug-likeness (QED) is 0.905. The van der Waals surface area contributed by atoms with Gasteiger partial charge in [0.15, 0.2) is 0 Å². The molecule has 0 spiro atoms. The van der Waals surface area contributed by atoms with Gasteiger partial charge in [0.2, 0.25) is 0 Å². The summed E-state index contributed by atoms with van der Waals surface area (Å²) < 4.78 is 0.771. The van der Waals surface area contributed by atoms with Crippen LogP contribution in [0.3, 0.4) is 0 Å². The lowest BCUT2D eigenvalue weighted by molar-refractivity contribution is 0.252. The summed E-state index contributed by atoms with van der Waals surface area (Å²) in [4.78, 5) is 4.86. The maximum Gasteiger partial charge on any atom is 0.129 e. The summed E-state index contributed by atoms with van der Waals surface area (Å²) in [5, 5.41) is 9.46. The van der Waals surface area contributed by atoms with Gasteiger partial charge >= 0.3 is 0 Å². The minimum Gasteiger partial charge on any atom is -0.507 e. The lowest BCUT2D eigenvalue weighted by atomic mass is 10.2. The van der Waals surface area contributed by atoms with E-state index in [4.69, 9.17) is 0 Å². The summed E-state index contributed by atoms with van der Waals surface area (Å²) in [5.74, 6) is 0.304. The van der Waals surface area contributed by atoms with Gasteiger partial charge in [-0.15, -0.1) is 0 Å². The molecule has 3 nitrogen and oxygen atoms in total. The van der Waals surface area contributed by atoms with Gasteiger partial charge < -0.3 is 14.9 Å². The molecule has 0 unspecified atom stereocenters. The molecule has 1 fully saturated rings. The van der Waals surface area contributed by atoms with Crippen LogP contribution in [-0.2, 0) is 6.54 Å². The standard InChI is InChI=1S/C14H21BrN2O/c1-16(8-9-17-6-2-3-7-17)11-12-4-5-14(18)13(15)10-12/h4-5,10,18H,2-3,6-9,11H2,1H3. The molecular weight excluding hydrogens is 292 g/mol. The first-order valence-electron chi connectivity index (χ1n) is 6.53.